The number of hydrogen-bond acceptors (Lipinski definition) is 1. The van der Waals surface area contributed by atoms with Crippen LogP contribution in [0.25, 0.3) is 11.1 Å². The Labute approximate surface area is 122 Å². The third kappa shape index (κ3) is 2.28. The van der Waals surface area contributed by atoms with Crippen LogP contribution in [0, 0.1) is 27.7 Å². The number of aromatic nitrogens is 2. The summed E-state index contributed by atoms with van der Waals surface area (Å²) in [6, 6.07) is 0.404. The highest BCUT2D eigenvalue weighted by Crippen LogP contribution is 2.34. The van der Waals surface area contributed by atoms with Crippen LogP contribution in [-0.4, -0.2) is 9.78 Å². The molecule has 108 valence electrons. The Morgan fingerprint density at radius 1 is 1.00 bits per heavy atom. The maximum absolute atomic E-state index is 4.51. The fourth-order valence-corrected chi connectivity index (χ4v) is 2.97. The number of nitrogens with zero attached hydrogens (tertiary/aromatic N) is 2. The number of benzene rings is 1. The molecule has 2 nitrogen and oxygen atoms in total. The van der Waals surface area contributed by atoms with Gasteiger partial charge in [0.2, 0.25) is 0 Å². The van der Waals surface area contributed by atoms with Crippen molar-refractivity contribution in [3.8, 4) is 11.1 Å². The summed E-state index contributed by atoms with van der Waals surface area (Å²) >= 11 is 0. The molecule has 0 unspecified atom stereocenters. The van der Waals surface area contributed by atoms with Gasteiger partial charge in [0.1, 0.15) is 0 Å². The molecule has 0 N–H and O–H groups in total. The van der Waals surface area contributed by atoms with Gasteiger partial charge in [-0.2, -0.15) is 5.10 Å². The van der Waals surface area contributed by atoms with Gasteiger partial charge in [-0.3, -0.25) is 4.68 Å². The molecule has 0 saturated heterocycles. The van der Waals surface area contributed by atoms with Crippen LogP contribution in [0.2, 0.25) is 0 Å². The zero-order valence-electron chi connectivity index (χ0n) is 13.8. The van der Waals surface area contributed by atoms with E-state index in [-0.39, 0.29) is 0 Å². The molecule has 0 atom stereocenters. The van der Waals surface area contributed by atoms with Crippen molar-refractivity contribution in [3.05, 3.63) is 40.2 Å². The van der Waals surface area contributed by atoms with Crippen LogP contribution in [0.5, 0.6) is 0 Å². The van der Waals surface area contributed by atoms with Crippen LogP contribution in [0.3, 0.4) is 0 Å². The van der Waals surface area contributed by atoms with Gasteiger partial charge in [-0.25, -0.2) is 0 Å². The van der Waals surface area contributed by atoms with E-state index in [4.69, 9.17) is 0 Å². The first-order chi connectivity index (χ1) is 9.38. The van der Waals surface area contributed by atoms with E-state index >= 15 is 0 Å². The summed E-state index contributed by atoms with van der Waals surface area (Å²) in [5, 5.41) is 4.51. The lowest BCUT2D eigenvalue weighted by Crippen LogP contribution is -2.02. The van der Waals surface area contributed by atoms with Crippen molar-refractivity contribution < 1.29 is 0 Å². The Bertz CT molecular complexity index is 633. The lowest BCUT2D eigenvalue weighted by Gasteiger charge is -2.19. The van der Waals surface area contributed by atoms with Gasteiger partial charge in [0, 0.05) is 17.8 Å². The average molecular weight is 270 g/mol. The van der Waals surface area contributed by atoms with Gasteiger partial charge >= 0.3 is 0 Å². The van der Waals surface area contributed by atoms with Crippen LogP contribution in [0.1, 0.15) is 54.6 Å². The van der Waals surface area contributed by atoms with E-state index in [2.05, 4.69) is 59.8 Å². The van der Waals surface area contributed by atoms with Crippen molar-refractivity contribution in [1.29, 1.82) is 0 Å². The maximum Gasteiger partial charge on any atom is 0.0568 e. The molecule has 2 aromatic rings. The maximum atomic E-state index is 4.51. The lowest BCUT2D eigenvalue weighted by atomic mass is 9.85. The summed E-state index contributed by atoms with van der Waals surface area (Å²) in [5.41, 5.74) is 9.77. The van der Waals surface area contributed by atoms with Gasteiger partial charge in [-0.05, 0) is 81.3 Å². The fraction of sp³-hybridized carbons (Fsp3) is 0.500. The molecule has 1 aromatic heterocycles. The molecule has 2 heteroatoms. The average Bonchev–Trinajstić information content (AvgIpc) is 2.89. The van der Waals surface area contributed by atoms with E-state index in [1.54, 1.807) is 0 Å². The Morgan fingerprint density at radius 3 is 2.10 bits per heavy atom. The summed E-state index contributed by atoms with van der Waals surface area (Å²) in [5.74, 6) is 0. The monoisotopic (exact) mass is 270 g/mol. The number of hydrogen-bond donors (Lipinski definition) is 0. The molecule has 1 heterocycles. The molecule has 0 spiro atoms. The smallest absolute Gasteiger partial charge is 0.0568 e. The van der Waals surface area contributed by atoms with Gasteiger partial charge < -0.3 is 0 Å². The molecule has 0 amide bonds. The molecule has 0 aliphatic heterocycles. The van der Waals surface area contributed by atoms with Crippen LogP contribution in [0.4, 0.5) is 0 Å². The summed E-state index contributed by atoms with van der Waals surface area (Å²) < 4.78 is 2.04. The van der Waals surface area contributed by atoms with E-state index in [0.717, 1.165) is 6.42 Å². The van der Waals surface area contributed by atoms with Crippen molar-refractivity contribution in [3.63, 3.8) is 0 Å². The van der Waals surface area contributed by atoms with Gasteiger partial charge in [0.15, 0.2) is 0 Å². The standard InChI is InChI=1S/C18H26N2/c1-8-17-14(6)12(4)13(5)15(7)18(17)16-9-19-20(10-16)11(2)3/h9-11H,8H2,1-7H3. The molecule has 0 bridgehead atoms. The zero-order chi connectivity index (χ0) is 15.0. The quantitative estimate of drug-likeness (QED) is 0.773. The zero-order valence-corrected chi connectivity index (χ0v) is 13.8. The molecule has 0 saturated carbocycles. The van der Waals surface area contributed by atoms with Gasteiger partial charge in [-0.15, -0.1) is 0 Å². The highest BCUT2D eigenvalue weighted by Gasteiger charge is 2.16. The molecule has 0 aliphatic rings. The van der Waals surface area contributed by atoms with Gasteiger partial charge in [0.05, 0.1) is 6.20 Å². The molecule has 0 fully saturated rings. The third-order valence-corrected chi connectivity index (χ3v) is 4.59. The van der Waals surface area contributed by atoms with Crippen LogP contribution in [-0.2, 0) is 6.42 Å². The molecular formula is C18H26N2. The summed E-state index contributed by atoms with van der Waals surface area (Å²) in [6.07, 6.45) is 5.26. The van der Waals surface area contributed by atoms with Crippen LogP contribution >= 0.6 is 0 Å². The summed E-state index contributed by atoms with van der Waals surface area (Å²) in [7, 11) is 0. The second-order valence-electron chi connectivity index (χ2n) is 6.01. The molecule has 1 aromatic carbocycles. The highest BCUT2D eigenvalue weighted by atomic mass is 15.3. The Hall–Kier alpha value is -1.57. The van der Waals surface area contributed by atoms with Gasteiger partial charge in [-0.1, -0.05) is 6.92 Å². The van der Waals surface area contributed by atoms with Crippen molar-refractivity contribution in [2.75, 3.05) is 0 Å². The predicted octanol–water partition coefficient (Wildman–Crippen LogP) is 4.93. The van der Waals surface area contributed by atoms with Crippen LogP contribution < -0.4 is 0 Å². The molecule has 2 rings (SSSR count). The van der Waals surface area contributed by atoms with Crippen molar-refractivity contribution >= 4 is 0 Å². The molecular weight excluding hydrogens is 244 g/mol. The Kier molecular flexibility index (Phi) is 4.03. The highest BCUT2D eigenvalue weighted by molar-refractivity contribution is 5.74. The first kappa shape index (κ1) is 14.8. The lowest BCUT2D eigenvalue weighted by molar-refractivity contribution is 0.532. The first-order valence-electron chi connectivity index (χ1n) is 7.52. The topological polar surface area (TPSA) is 17.8 Å². The SMILES string of the molecule is CCc1c(C)c(C)c(C)c(C)c1-c1cnn(C(C)C)c1. The van der Waals surface area contributed by atoms with E-state index in [1.165, 1.54) is 38.9 Å². The Morgan fingerprint density at radius 2 is 1.60 bits per heavy atom. The van der Waals surface area contributed by atoms with E-state index in [1.807, 2.05) is 10.9 Å². The molecule has 0 aliphatic carbocycles. The largest absolute Gasteiger partial charge is 0.270 e. The third-order valence-electron chi connectivity index (χ3n) is 4.59. The van der Waals surface area contributed by atoms with Crippen molar-refractivity contribution in [2.24, 2.45) is 0 Å². The van der Waals surface area contributed by atoms with E-state index in [0.29, 0.717) is 6.04 Å². The van der Waals surface area contributed by atoms with Crippen LogP contribution in [0.15, 0.2) is 12.4 Å². The summed E-state index contributed by atoms with van der Waals surface area (Å²) in [6.45, 7) is 15.5. The molecule has 0 radical (unpaired) electrons. The summed E-state index contributed by atoms with van der Waals surface area (Å²) in [4.78, 5) is 0. The Balaban J connectivity index is 2.72. The second-order valence-corrected chi connectivity index (χ2v) is 6.01. The van der Waals surface area contributed by atoms with Crippen molar-refractivity contribution in [1.82, 2.24) is 9.78 Å². The van der Waals surface area contributed by atoms with Crippen molar-refractivity contribution in [2.45, 2.75) is 60.9 Å². The van der Waals surface area contributed by atoms with Gasteiger partial charge in [0.25, 0.3) is 0 Å². The first-order valence-corrected chi connectivity index (χ1v) is 7.52. The van der Waals surface area contributed by atoms with E-state index in [9.17, 15) is 0 Å². The predicted molar refractivity (Wildman–Crippen MR) is 86.4 cm³/mol. The van der Waals surface area contributed by atoms with E-state index < -0.39 is 0 Å². The number of rotatable bonds is 3. The molecule has 20 heavy (non-hydrogen) atoms. The minimum atomic E-state index is 0.404. The fourth-order valence-electron chi connectivity index (χ4n) is 2.97. The second kappa shape index (κ2) is 5.43. The minimum Gasteiger partial charge on any atom is -0.270 e. The minimum absolute atomic E-state index is 0.404. The normalized spacial score (nSPS) is 11.4.